The van der Waals surface area contributed by atoms with Crippen LogP contribution in [0.25, 0.3) is 0 Å². The molecule has 0 aromatic heterocycles. The van der Waals surface area contributed by atoms with Gasteiger partial charge in [-0.05, 0) is 18.7 Å². The minimum atomic E-state index is -0.132. The van der Waals surface area contributed by atoms with Crippen molar-refractivity contribution in [2.24, 2.45) is 0 Å². The van der Waals surface area contributed by atoms with Gasteiger partial charge in [0.2, 0.25) is 0 Å². The molecule has 1 rings (SSSR count). The Balaban J connectivity index is 0.000000291. The third kappa shape index (κ3) is 3.40. The summed E-state index contributed by atoms with van der Waals surface area (Å²) in [6.45, 7) is 5.89. The molecule has 1 saturated heterocycles. The fourth-order valence-electron chi connectivity index (χ4n) is 0.418. The summed E-state index contributed by atoms with van der Waals surface area (Å²) in [5, 5.41) is -0.132. The van der Waals surface area contributed by atoms with Crippen molar-refractivity contribution in [3.63, 3.8) is 0 Å². The highest BCUT2D eigenvalue weighted by Crippen LogP contribution is 2.18. The van der Waals surface area contributed by atoms with Gasteiger partial charge in [-0.2, -0.15) is 0 Å². The Morgan fingerprint density at radius 3 is 2.33 bits per heavy atom. The van der Waals surface area contributed by atoms with Crippen LogP contribution >= 0.6 is 11.8 Å². The summed E-state index contributed by atoms with van der Waals surface area (Å²) >= 11 is 1.24. The van der Waals surface area contributed by atoms with E-state index in [1.807, 2.05) is 20.8 Å². The average Bonchev–Trinajstić information content (AvgIpc) is 2.20. The van der Waals surface area contributed by atoms with Crippen molar-refractivity contribution in [1.29, 1.82) is 0 Å². The predicted octanol–water partition coefficient (Wildman–Crippen LogP) is 2.28. The molecular formula is C6H12O2S. The van der Waals surface area contributed by atoms with Crippen LogP contribution in [0.1, 0.15) is 20.8 Å². The number of hydrogen-bond acceptors (Lipinski definition) is 3. The molecule has 0 amide bonds. The molecule has 0 aromatic rings. The summed E-state index contributed by atoms with van der Waals surface area (Å²) in [5.41, 5.74) is 0. The third-order valence-corrected chi connectivity index (χ3v) is 1.70. The lowest BCUT2D eigenvalue weighted by molar-refractivity contribution is 0.153. The number of cyclic esters (lactones) is 1. The van der Waals surface area contributed by atoms with Gasteiger partial charge < -0.3 is 4.74 Å². The molecule has 3 heteroatoms. The number of hydrogen-bond donors (Lipinski definition) is 0. The highest BCUT2D eigenvalue weighted by molar-refractivity contribution is 8.13. The van der Waals surface area contributed by atoms with Crippen molar-refractivity contribution in [2.75, 3.05) is 5.75 Å². The zero-order valence-corrected chi connectivity index (χ0v) is 6.83. The van der Waals surface area contributed by atoms with E-state index in [2.05, 4.69) is 4.74 Å². The van der Waals surface area contributed by atoms with E-state index in [1.54, 1.807) is 0 Å². The van der Waals surface area contributed by atoms with E-state index in [0.29, 0.717) is 0 Å². The zero-order valence-electron chi connectivity index (χ0n) is 6.01. The van der Waals surface area contributed by atoms with Crippen LogP contribution in [0, 0.1) is 0 Å². The fourth-order valence-corrected chi connectivity index (χ4v) is 1.09. The molecule has 1 aliphatic heterocycles. The van der Waals surface area contributed by atoms with Gasteiger partial charge in [0.05, 0.1) is 0 Å². The van der Waals surface area contributed by atoms with Gasteiger partial charge in [0.25, 0.3) is 0 Å². The molecule has 1 aliphatic rings. The Kier molecular flexibility index (Phi) is 4.58. The van der Waals surface area contributed by atoms with E-state index >= 15 is 0 Å². The van der Waals surface area contributed by atoms with Gasteiger partial charge >= 0.3 is 5.30 Å². The van der Waals surface area contributed by atoms with Crippen molar-refractivity contribution < 1.29 is 9.53 Å². The van der Waals surface area contributed by atoms with Gasteiger partial charge in [-0.3, -0.25) is 0 Å². The molecule has 0 aromatic carbocycles. The molecule has 0 radical (unpaired) electrons. The summed E-state index contributed by atoms with van der Waals surface area (Å²) in [6.07, 6.45) is 0.137. The molecular weight excluding hydrogens is 136 g/mol. The second kappa shape index (κ2) is 4.68. The molecule has 1 heterocycles. The molecule has 0 spiro atoms. The lowest BCUT2D eigenvalue weighted by Gasteiger charge is -1.93. The molecule has 1 unspecified atom stereocenters. The molecule has 1 atom stereocenters. The van der Waals surface area contributed by atoms with Crippen LogP contribution in [0.5, 0.6) is 0 Å². The van der Waals surface area contributed by atoms with E-state index in [9.17, 15) is 4.79 Å². The summed E-state index contributed by atoms with van der Waals surface area (Å²) in [4.78, 5) is 10.2. The maximum Gasteiger partial charge on any atom is 0.367 e. The van der Waals surface area contributed by atoms with Crippen LogP contribution in [0.15, 0.2) is 0 Å². The van der Waals surface area contributed by atoms with Crippen LogP contribution < -0.4 is 0 Å². The van der Waals surface area contributed by atoms with Crippen LogP contribution in [-0.4, -0.2) is 17.2 Å². The van der Waals surface area contributed by atoms with Gasteiger partial charge in [0, 0.05) is 5.75 Å². The number of carbonyl (C=O) groups is 1. The van der Waals surface area contributed by atoms with Gasteiger partial charge in [0.15, 0.2) is 0 Å². The molecule has 54 valence electrons. The van der Waals surface area contributed by atoms with Crippen molar-refractivity contribution in [3.8, 4) is 0 Å². The Bertz CT molecular complexity index is 93.1. The highest BCUT2D eigenvalue weighted by Gasteiger charge is 2.18. The van der Waals surface area contributed by atoms with Crippen molar-refractivity contribution in [1.82, 2.24) is 0 Å². The number of ether oxygens (including phenoxy) is 1. The normalized spacial score (nSPS) is 24.3. The van der Waals surface area contributed by atoms with Crippen LogP contribution in [0.2, 0.25) is 0 Å². The maximum absolute atomic E-state index is 10.2. The van der Waals surface area contributed by atoms with E-state index in [4.69, 9.17) is 0 Å². The second-order valence-electron chi connectivity index (χ2n) is 1.49. The van der Waals surface area contributed by atoms with Crippen molar-refractivity contribution >= 4 is 17.1 Å². The Labute approximate surface area is 60.0 Å². The van der Waals surface area contributed by atoms with Crippen molar-refractivity contribution in [2.45, 2.75) is 26.9 Å². The molecule has 9 heavy (non-hydrogen) atoms. The SMILES string of the molecule is CC.CC1CSC(=O)O1. The quantitative estimate of drug-likeness (QED) is 0.493. The summed E-state index contributed by atoms with van der Waals surface area (Å²) in [5.74, 6) is 0.818. The largest absolute Gasteiger partial charge is 0.454 e. The topological polar surface area (TPSA) is 26.3 Å². The number of rotatable bonds is 0. The maximum atomic E-state index is 10.2. The zero-order chi connectivity index (χ0) is 7.28. The van der Waals surface area contributed by atoms with Crippen LogP contribution in [0.3, 0.4) is 0 Å². The van der Waals surface area contributed by atoms with Crippen molar-refractivity contribution in [3.05, 3.63) is 0 Å². The first-order valence-electron chi connectivity index (χ1n) is 3.12. The third-order valence-electron chi connectivity index (χ3n) is 0.733. The number of thioether (sulfide) groups is 1. The van der Waals surface area contributed by atoms with Crippen LogP contribution in [-0.2, 0) is 4.74 Å². The molecule has 1 fully saturated rings. The molecule has 0 saturated carbocycles. The smallest absolute Gasteiger partial charge is 0.367 e. The number of carbonyl (C=O) groups excluding carboxylic acids is 1. The first kappa shape index (κ1) is 8.82. The molecule has 0 aliphatic carbocycles. The fraction of sp³-hybridized carbons (Fsp3) is 0.833. The first-order valence-corrected chi connectivity index (χ1v) is 4.11. The Hall–Kier alpha value is -0.180. The summed E-state index contributed by atoms with van der Waals surface area (Å²) in [6, 6.07) is 0. The first-order chi connectivity index (χ1) is 4.29. The Morgan fingerprint density at radius 1 is 1.67 bits per heavy atom. The lowest BCUT2D eigenvalue weighted by Crippen LogP contribution is -2.01. The minimum absolute atomic E-state index is 0.132. The van der Waals surface area contributed by atoms with Gasteiger partial charge in [-0.15, -0.1) is 0 Å². The summed E-state index contributed by atoms with van der Waals surface area (Å²) < 4.78 is 4.69. The summed E-state index contributed by atoms with van der Waals surface area (Å²) in [7, 11) is 0. The molecule has 0 bridgehead atoms. The standard InChI is InChI=1S/C4H6O2S.C2H6/c1-3-2-7-4(5)6-3;1-2/h3H,2H2,1H3;1-2H3. The van der Waals surface area contributed by atoms with E-state index in [1.165, 1.54) is 11.8 Å². The lowest BCUT2D eigenvalue weighted by atomic mass is 10.5. The van der Waals surface area contributed by atoms with Gasteiger partial charge in [-0.1, -0.05) is 13.8 Å². The Morgan fingerprint density at radius 2 is 2.22 bits per heavy atom. The van der Waals surface area contributed by atoms with E-state index < -0.39 is 0 Å². The van der Waals surface area contributed by atoms with E-state index in [0.717, 1.165) is 5.75 Å². The minimum Gasteiger partial charge on any atom is -0.454 e. The van der Waals surface area contributed by atoms with E-state index in [-0.39, 0.29) is 11.4 Å². The predicted molar refractivity (Wildman–Crippen MR) is 39.7 cm³/mol. The van der Waals surface area contributed by atoms with Gasteiger partial charge in [0.1, 0.15) is 6.10 Å². The second-order valence-corrected chi connectivity index (χ2v) is 2.44. The van der Waals surface area contributed by atoms with Crippen LogP contribution in [0.4, 0.5) is 4.79 Å². The molecule has 2 nitrogen and oxygen atoms in total. The molecule has 0 N–H and O–H groups in total. The van der Waals surface area contributed by atoms with Gasteiger partial charge in [-0.25, -0.2) is 4.79 Å². The average molecular weight is 148 g/mol. The monoisotopic (exact) mass is 148 g/mol. The highest BCUT2D eigenvalue weighted by atomic mass is 32.2.